The van der Waals surface area contributed by atoms with Gasteiger partial charge in [0.1, 0.15) is 11.6 Å². The lowest BCUT2D eigenvalue weighted by atomic mass is 10.0. The SMILES string of the molecule is C/C=C(\C=C/c1[nH]c(=O)oc1C)c1cnc(NCC(N)Cc2ccc(C(F)(F)F)c(F)c2)s1. The van der Waals surface area contributed by atoms with Gasteiger partial charge in [-0.1, -0.05) is 29.6 Å². The van der Waals surface area contributed by atoms with Crippen LogP contribution in [0.4, 0.5) is 22.7 Å². The Hall–Kier alpha value is -3.18. The molecule has 0 spiro atoms. The maximum Gasteiger partial charge on any atom is 0.419 e. The number of nitrogens with one attached hydrogen (secondary N) is 2. The van der Waals surface area contributed by atoms with Crippen molar-refractivity contribution in [1.29, 1.82) is 0 Å². The van der Waals surface area contributed by atoms with Crippen LogP contribution in [0.2, 0.25) is 0 Å². The number of thiazole rings is 1. The number of allylic oxidation sites excluding steroid dienone is 3. The van der Waals surface area contributed by atoms with Crippen LogP contribution in [0.3, 0.4) is 0 Å². The zero-order valence-corrected chi connectivity index (χ0v) is 18.6. The maximum absolute atomic E-state index is 13.7. The average Bonchev–Trinajstić information content (AvgIpc) is 3.32. The van der Waals surface area contributed by atoms with E-state index < -0.39 is 29.4 Å². The summed E-state index contributed by atoms with van der Waals surface area (Å²) in [7, 11) is 0. The van der Waals surface area contributed by atoms with E-state index in [1.165, 1.54) is 17.4 Å². The molecule has 0 radical (unpaired) electrons. The van der Waals surface area contributed by atoms with E-state index in [1.807, 2.05) is 19.1 Å². The number of benzene rings is 1. The Bertz CT molecular complexity index is 1220. The Labute approximate surface area is 190 Å². The molecule has 2 aromatic heterocycles. The molecule has 3 aromatic rings. The molecule has 0 aliphatic rings. The quantitative estimate of drug-likeness (QED) is 0.311. The number of oxazole rings is 1. The van der Waals surface area contributed by atoms with Gasteiger partial charge in [0.2, 0.25) is 0 Å². The molecule has 0 saturated carbocycles. The van der Waals surface area contributed by atoms with Crippen LogP contribution in [0.25, 0.3) is 11.6 Å². The summed E-state index contributed by atoms with van der Waals surface area (Å²) < 4.78 is 56.7. The van der Waals surface area contributed by atoms with Gasteiger partial charge in [0, 0.05) is 18.8 Å². The summed E-state index contributed by atoms with van der Waals surface area (Å²) in [4.78, 5) is 19.0. The van der Waals surface area contributed by atoms with E-state index in [2.05, 4.69) is 15.3 Å². The van der Waals surface area contributed by atoms with E-state index in [-0.39, 0.29) is 6.42 Å². The monoisotopic (exact) mass is 482 g/mol. The lowest BCUT2D eigenvalue weighted by molar-refractivity contribution is -0.140. The summed E-state index contributed by atoms with van der Waals surface area (Å²) in [5, 5.41) is 3.71. The van der Waals surface area contributed by atoms with Crippen molar-refractivity contribution in [1.82, 2.24) is 9.97 Å². The third-order valence-corrected chi connectivity index (χ3v) is 5.75. The smallest absolute Gasteiger partial charge is 0.413 e. The molecule has 0 amide bonds. The molecule has 0 bridgehead atoms. The fourth-order valence-corrected chi connectivity index (χ4v) is 3.95. The van der Waals surface area contributed by atoms with E-state index in [1.54, 1.807) is 19.2 Å². The number of nitrogens with zero attached hydrogens (tertiary/aromatic N) is 1. The van der Waals surface area contributed by atoms with Crippen molar-refractivity contribution in [2.24, 2.45) is 5.73 Å². The summed E-state index contributed by atoms with van der Waals surface area (Å²) in [6, 6.07) is 2.36. The number of halogens is 4. The van der Waals surface area contributed by atoms with Gasteiger partial charge in [0.15, 0.2) is 5.13 Å². The first-order valence-electron chi connectivity index (χ1n) is 9.92. The first-order chi connectivity index (χ1) is 15.6. The van der Waals surface area contributed by atoms with Crippen LogP contribution in [0.15, 0.2) is 45.8 Å². The second-order valence-electron chi connectivity index (χ2n) is 7.25. The van der Waals surface area contributed by atoms with Gasteiger partial charge in [-0.25, -0.2) is 14.2 Å². The van der Waals surface area contributed by atoms with Crippen LogP contribution >= 0.6 is 11.3 Å². The highest BCUT2D eigenvalue weighted by molar-refractivity contribution is 7.16. The van der Waals surface area contributed by atoms with Crippen molar-refractivity contribution < 1.29 is 22.0 Å². The number of rotatable bonds is 8. The number of aromatic amines is 1. The first-order valence-corrected chi connectivity index (χ1v) is 10.7. The molecule has 3 rings (SSSR count). The van der Waals surface area contributed by atoms with Gasteiger partial charge in [-0.15, -0.1) is 0 Å². The molecule has 6 nitrogen and oxygen atoms in total. The lowest BCUT2D eigenvalue weighted by Gasteiger charge is -2.14. The van der Waals surface area contributed by atoms with Crippen LogP contribution in [0.5, 0.6) is 0 Å². The molecule has 1 unspecified atom stereocenters. The topological polar surface area (TPSA) is 96.9 Å². The van der Waals surface area contributed by atoms with E-state index in [0.29, 0.717) is 28.7 Å². The summed E-state index contributed by atoms with van der Waals surface area (Å²) in [5.41, 5.74) is 6.60. The number of anilines is 1. The molecule has 33 heavy (non-hydrogen) atoms. The van der Waals surface area contributed by atoms with Crippen LogP contribution in [-0.2, 0) is 12.6 Å². The Morgan fingerprint density at radius 2 is 2.15 bits per heavy atom. The number of aryl methyl sites for hydroxylation is 1. The number of hydrogen-bond donors (Lipinski definition) is 3. The first kappa shape index (κ1) is 24.5. The van der Waals surface area contributed by atoms with Gasteiger partial charge in [-0.3, -0.25) is 4.98 Å². The van der Waals surface area contributed by atoms with Gasteiger partial charge in [-0.05, 0) is 49.6 Å². The fraction of sp³-hybridized carbons (Fsp3) is 0.273. The van der Waals surface area contributed by atoms with Gasteiger partial charge >= 0.3 is 11.9 Å². The van der Waals surface area contributed by atoms with E-state index >= 15 is 0 Å². The predicted molar refractivity (Wildman–Crippen MR) is 120 cm³/mol. The molecule has 1 atom stereocenters. The Morgan fingerprint density at radius 1 is 1.39 bits per heavy atom. The highest BCUT2D eigenvalue weighted by Gasteiger charge is 2.33. The molecular formula is C22H22F4N4O2S. The average molecular weight is 483 g/mol. The van der Waals surface area contributed by atoms with Crippen molar-refractivity contribution >= 4 is 28.1 Å². The zero-order valence-electron chi connectivity index (χ0n) is 17.8. The van der Waals surface area contributed by atoms with Crippen LogP contribution in [-0.4, -0.2) is 22.6 Å². The van der Waals surface area contributed by atoms with Crippen LogP contribution < -0.4 is 16.8 Å². The molecule has 0 aliphatic heterocycles. The number of H-pyrrole nitrogens is 1. The van der Waals surface area contributed by atoms with Gasteiger partial charge in [0.25, 0.3) is 0 Å². The Kier molecular flexibility index (Phi) is 7.54. The number of hydrogen-bond acceptors (Lipinski definition) is 6. The minimum atomic E-state index is -4.73. The van der Waals surface area contributed by atoms with Crippen molar-refractivity contribution in [3.63, 3.8) is 0 Å². The van der Waals surface area contributed by atoms with E-state index in [0.717, 1.165) is 22.6 Å². The highest BCUT2D eigenvalue weighted by atomic mass is 32.1. The highest BCUT2D eigenvalue weighted by Crippen LogP contribution is 2.32. The standard InChI is InChI=1S/C22H22F4N4O2S/c1-3-14(5-7-18-12(2)32-21(31)30-18)19-11-29-20(33-19)28-10-15(27)8-13-4-6-16(17(23)9-13)22(24,25)26/h3-7,9,11,15H,8,10,27H2,1-2H3,(H,28,29)(H,30,31)/b7-5-,14-3+. The molecule has 0 fully saturated rings. The second-order valence-corrected chi connectivity index (χ2v) is 8.28. The Morgan fingerprint density at radius 3 is 2.76 bits per heavy atom. The molecule has 11 heteroatoms. The minimum absolute atomic E-state index is 0.200. The van der Waals surface area contributed by atoms with Crippen LogP contribution in [0.1, 0.15) is 34.4 Å². The zero-order chi connectivity index (χ0) is 24.2. The number of alkyl halides is 3. The molecule has 1 aromatic carbocycles. The van der Waals surface area contributed by atoms with Crippen molar-refractivity contribution in [2.45, 2.75) is 32.5 Å². The predicted octanol–water partition coefficient (Wildman–Crippen LogP) is 4.99. The summed E-state index contributed by atoms with van der Waals surface area (Å²) >= 11 is 1.39. The minimum Gasteiger partial charge on any atom is -0.413 e. The second kappa shape index (κ2) is 10.2. The van der Waals surface area contributed by atoms with Gasteiger partial charge in [0.05, 0.1) is 16.1 Å². The molecule has 176 valence electrons. The summed E-state index contributed by atoms with van der Waals surface area (Å²) in [5.74, 6) is -1.35. The number of aromatic nitrogens is 2. The van der Waals surface area contributed by atoms with Gasteiger partial charge < -0.3 is 15.5 Å². The normalized spacial score (nSPS) is 13.6. The lowest BCUT2D eigenvalue weighted by Crippen LogP contribution is -2.31. The molecule has 2 heterocycles. The fourth-order valence-electron chi connectivity index (χ4n) is 3.07. The number of nitrogens with two attached hydrogens (primary N) is 1. The van der Waals surface area contributed by atoms with Crippen LogP contribution in [0, 0.1) is 12.7 Å². The maximum atomic E-state index is 13.7. The molecule has 0 saturated heterocycles. The Balaban J connectivity index is 1.58. The van der Waals surface area contributed by atoms with Crippen molar-refractivity contribution in [2.75, 3.05) is 11.9 Å². The van der Waals surface area contributed by atoms with E-state index in [4.69, 9.17) is 10.2 Å². The van der Waals surface area contributed by atoms with Crippen molar-refractivity contribution in [3.05, 3.63) is 80.4 Å². The van der Waals surface area contributed by atoms with Crippen molar-refractivity contribution in [3.8, 4) is 0 Å². The molecule has 4 N–H and O–H groups in total. The third-order valence-electron chi connectivity index (χ3n) is 4.74. The largest absolute Gasteiger partial charge is 0.419 e. The van der Waals surface area contributed by atoms with Gasteiger partial charge in [-0.2, -0.15) is 13.2 Å². The van der Waals surface area contributed by atoms with E-state index in [9.17, 15) is 22.4 Å². The molecule has 0 aliphatic carbocycles. The summed E-state index contributed by atoms with van der Waals surface area (Å²) in [6.45, 7) is 3.85. The summed E-state index contributed by atoms with van der Waals surface area (Å²) in [6.07, 6.45) is 2.62. The molecular weight excluding hydrogens is 460 g/mol. The third kappa shape index (κ3) is 6.42.